The molecule has 3 aromatic rings. The van der Waals surface area contributed by atoms with Crippen molar-refractivity contribution in [3.8, 4) is 5.75 Å². The summed E-state index contributed by atoms with van der Waals surface area (Å²) < 4.78 is 5.32. The number of rotatable bonds is 8. The van der Waals surface area contributed by atoms with E-state index in [9.17, 15) is 4.79 Å². The number of ether oxygens (including phenoxy) is 1. The van der Waals surface area contributed by atoms with E-state index in [0.717, 1.165) is 23.3 Å². The van der Waals surface area contributed by atoms with Crippen LogP contribution in [0.3, 0.4) is 0 Å². The van der Waals surface area contributed by atoms with Gasteiger partial charge in [-0.1, -0.05) is 36.4 Å². The fourth-order valence-electron chi connectivity index (χ4n) is 3.15. The van der Waals surface area contributed by atoms with Gasteiger partial charge >= 0.3 is 0 Å². The van der Waals surface area contributed by atoms with E-state index in [1.54, 1.807) is 7.11 Å². The number of methoxy groups -OCH3 is 1. The first-order valence-corrected chi connectivity index (χ1v) is 9.36. The van der Waals surface area contributed by atoms with Crippen molar-refractivity contribution in [3.63, 3.8) is 0 Å². The molecule has 0 fully saturated rings. The molecule has 1 heterocycles. The second kappa shape index (κ2) is 11.5. The zero-order chi connectivity index (χ0) is 21.1. The number of hydrogen-bond donors (Lipinski definition) is 4. The van der Waals surface area contributed by atoms with E-state index in [1.807, 2.05) is 48.7 Å². The number of aromatic nitrogens is 1. The zero-order valence-corrected chi connectivity index (χ0v) is 16.4. The van der Waals surface area contributed by atoms with Gasteiger partial charge in [0.25, 0.3) is 6.47 Å². The van der Waals surface area contributed by atoms with Crippen LogP contribution in [0.5, 0.6) is 5.75 Å². The Hall–Kier alpha value is -3.32. The molecule has 7 heteroatoms. The molecule has 7 nitrogen and oxygen atoms in total. The molecule has 29 heavy (non-hydrogen) atoms. The number of H-pyrrole nitrogens is 1. The fraction of sp³-hybridized carbons (Fsp3) is 0.273. The Labute approximate surface area is 169 Å². The minimum Gasteiger partial charge on any atom is -0.496 e. The Morgan fingerprint density at radius 3 is 2.66 bits per heavy atom. The summed E-state index contributed by atoms with van der Waals surface area (Å²) in [5.41, 5.74) is 9.53. The maximum Gasteiger partial charge on any atom is 0.290 e. The fourth-order valence-corrected chi connectivity index (χ4v) is 3.15. The number of carbonyl (C=O) groups excluding carboxylic acids is 1. The van der Waals surface area contributed by atoms with E-state index in [-0.39, 0.29) is 18.4 Å². The third-order valence-electron chi connectivity index (χ3n) is 4.53. The number of nitrogens with two attached hydrogens (primary N) is 1. The third kappa shape index (κ3) is 6.65. The molecule has 0 aliphatic rings. The highest BCUT2D eigenvalue weighted by Crippen LogP contribution is 2.19. The van der Waals surface area contributed by atoms with Crippen LogP contribution in [0.25, 0.3) is 10.9 Å². The average Bonchev–Trinajstić information content (AvgIpc) is 3.14. The molecule has 3 rings (SSSR count). The third-order valence-corrected chi connectivity index (χ3v) is 4.53. The summed E-state index contributed by atoms with van der Waals surface area (Å²) in [6, 6.07) is 15.8. The van der Waals surface area contributed by atoms with E-state index >= 15 is 0 Å². The van der Waals surface area contributed by atoms with Gasteiger partial charge in [0.15, 0.2) is 0 Å². The molecule has 1 atom stereocenters. The lowest BCUT2D eigenvalue weighted by atomic mass is 10.1. The van der Waals surface area contributed by atoms with Crippen molar-refractivity contribution in [2.24, 2.45) is 5.73 Å². The average molecular weight is 397 g/mol. The summed E-state index contributed by atoms with van der Waals surface area (Å²) in [6.07, 6.45) is 3.78. The highest BCUT2D eigenvalue weighted by Gasteiger charge is 2.11. The number of aromatic amines is 1. The van der Waals surface area contributed by atoms with Crippen LogP contribution in [-0.2, 0) is 22.4 Å². The molecule has 0 saturated carbocycles. The van der Waals surface area contributed by atoms with Gasteiger partial charge < -0.3 is 25.9 Å². The summed E-state index contributed by atoms with van der Waals surface area (Å²) >= 11 is 0. The molecule has 0 saturated heterocycles. The first-order valence-electron chi connectivity index (χ1n) is 9.36. The molecule has 1 aromatic heterocycles. The van der Waals surface area contributed by atoms with Gasteiger partial charge in [-0.3, -0.25) is 9.59 Å². The van der Waals surface area contributed by atoms with E-state index in [0.29, 0.717) is 19.4 Å². The number of para-hydroxylation sites is 2. The second-order valence-corrected chi connectivity index (χ2v) is 6.55. The van der Waals surface area contributed by atoms with E-state index in [2.05, 4.69) is 16.4 Å². The predicted octanol–water partition coefficient (Wildman–Crippen LogP) is 2.50. The van der Waals surface area contributed by atoms with Crippen molar-refractivity contribution >= 4 is 23.3 Å². The minimum atomic E-state index is -0.250. The molecule has 0 spiro atoms. The summed E-state index contributed by atoms with van der Waals surface area (Å²) in [5.74, 6) is 0.821. The molecule has 0 bridgehead atoms. The van der Waals surface area contributed by atoms with Crippen LogP contribution in [0.2, 0.25) is 0 Å². The van der Waals surface area contributed by atoms with Crippen molar-refractivity contribution < 1.29 is 19.4 Å². The summed E-state index contributed by atoms with van der Waals surface area (Å²) in [7, 11) is 1.64. The van der Waals surface area contributed by atoms with Gasteiger partial charge in [-0.25, -0.2) is 0 Å². The lowest BCUT2D eigenvalue weighted by molar-refractivity contribution is -0.123. The highest BCUT2D eigenvalue weighted by molar-refractivity contribution is 5.83. The Balaban J connectivity index is 0.000000941. The quantitative estimate of drug-likeness (QED) is 0.436. The highest BCUT2D eigenvalue weighted by atomic mass is 16.5. The number of hydrogen-bond acceptors (Lipinski definition) is 4. The van der Waals surface area contributed by atoms with Gasteiger partial charge in [0.1, 0.15) is 5.75 Å². The maximum atomic E-state index is 12.1. The molecule has 0 radical (unpaired) electrons. The van der Waals surface area contributed by atoms with E-state index in [4.69, 9.17) is 20.4 Å². The molecular formula is C22H27N3O4. The Kier molecular flexibility index (Phi) is 8.72. The van der Waals surface area contributed by atoms with Gasteiger partial charge in [0, 0.05) is 36.1 Å². The Morgan fingerprint density at radius 1 is 1.21 bits per heavy atom. The summed E-state index contributed by atoms with van der Waals surface area (Å²) in [4.78, 5) is 23.7. The van der Waals surface area contributed by atoms with Crippen molar-refractivity contribution in [1.82, 2.24) is 10.3 Å². The van der Waals surface area contributed by atoms with Gasteiger partial charge in [-0.15, -0.1) is 0 Å². The van der Waals surface area contributed by atoms with Crippen LogP contribution in [0.15, 0.2) is 54.7 Å². The monoisotopic (exact) mass is 397 g/mol. The number of carbonyl (C=O) groups is 2. The molecule has 2 aromatic carbocycles. The first-order chi connectivity index (χ1) is 14.1. The van der Waals surface area contributed by atoms with Crippen molar-refractivity contribution in [2.45, 2.75) is 25.3 Å². The minimum absolute atomic E-state index is 0.00489. The van der Waals surface area contributed by atoms with Crippen LogP contribution in [-0.4, -0.2) is 42.2 Å². The summed E-state index contributed by atoms with van der Waals surface area (Å²) in [5, 5.41) is 11.0. The zero-order valence-electron chi connectivity index (χ0n) is 16.4. The van der Waals surface area contributed by atoms with E-state index in [1.165, 1.54) is 10.9 Å². The van der Waals surface area contributed by atoms with Crippen LogP contribution in [0.1, 0.15) is 17.5 Å². The lowest BCUT2D eigenvalue weighted by Crippen LogP contribution is -2.38. The SMILES string of the molecule is COc1ccccc1CCC(=O)NCC(N)Cc1c[nH]c2ccccc12.O=CO. The second-order valence-electron chi connectivity index (χ2n) is 6.55. The van der Waals surface area contributed by atoms with Gasteiger partial charge in [-0.05, 0) is 36.1 Å². The predicted molar refractivity (Wildman–Crippen MR) is 113 cm³/mol. The van der Waals surface area contributed by atoms with Crippen LogP contribution in [0, 0.1) is 0 Å². The number of benzene rings is 2. The summed E-state index contributed by atoms with van der Waals surface area (Å²) in [6.45, 7) is 0.213. The van der Waals surface area contributed by atoms with E-state index < -0.39 is 0 Å². The number of amides is 1. The van der Waals surface area contributed by atoms with Crippen LogP contribution < -0.4 is 15.8 Å². The first kappa shape index (κ1) is 22.0. The molecule has 1 unspecified atom stereocenters. The largest absolute Gasteiger partial charge is 0.496 e. The van der Waals surface area contributed by atoms with Crippen LogP contribution in [0.4, 0.5) is 0 Å². The Morgan fingerprint density at radius 2 is 1.90 bits per heavy atom. The van der Waals surface area contributed by atoms with Crippen molar-refractivity contribution in [3.05, 3.63) is 65.9 Å². The normalized spacial score (nSPS) is 11.2. The number of carboxylic acid groups (broad SMARTS) is 1. The number of fused-ring (bicyclic) bond motifs is 1. The van der Waals surface area contributed by atoms with Gasteiger partial charge in [-0.2, -0.15) is 0 Å². The standard InChI is InChI=1S/C21H25N3O2.CH2O2/c1-26-20-9-5-2-6-15(20)10-11-21(25)24-14-17(22)12-16-13-23-19-8-4-3-7-18(16)19;2-1-3/h2-9,13,17,23H,10-12,14,22H2,1H3,(H,24,25);1H,(H,2,3). The molecule has 154 valence electrons. The number of nitrogens with one attached hydrogen (secondary N) is 2. The molecule has 5 N–H and O–H groups in total. The number of aryl methyl sites for hydroxylation is 1. The Bertz CT molecular complexity index is 923. The molecule has 0 aliphatic carbocycles. The molecule has 0 aliphatic heterocycles. The molecule has 1 amide bonds. The van der Waals surface area contributed by atoms with Crippen molar-refractivity contribution in [2.75, 3.05) is 13.7 Å². The molecular weight excluding hydrogens is 370 g/mol. The lowest BCUT2D eigenvalue weighted by Gasteiger charge is -2.13. The topological polar surface area (TPSA) is 117 Å². The smallest absolute Gasteiger partial charge is 0.290 e. The van der Waals surface area contributed by atoms with Crippen molar-refractivity contribution in [1.29, 1.82) is 0 Å². The maximum absolute atomic E-state index is 12.1. The van der Waals surface area contributed by atoms with Gasteiger partial charge in [0.05, 0.1) is 7.11 Å². The van der Waals surface area contributed by atoms with Gasteiger partial charge in [0.2, 0.25) is 5.91 Å². The van der Waals surface area contributed by atoms with Crippen LogP contribution >= 0.6 is 0 Å².